The van der Waals surface area contributed by atoms with Crippen LogP contribution in [0, 0.1) is 0 Å². The Kier molecular flexibility index (Phi) is 8.07. The van der Waals surface area contributed by atoms with E-state index in [1.54, 1.807) is 9.13 Å². The summed E-state index contributed by atoms with van der Waals surface area (Å²) in [5.74, 6) is -0.802. The monoisotopic (exact) mass is 502 g/mol. The number of benzene rings is 2. The fourth-order valence-electron chi connectivity index (χ4n) is 4.42. The summed E-state index contributed by atoms with van der Waals surface area (Å²) < 4.78 is 3.43. The zero-order valence-electron chi connectivity index (χ0n) is 21.0. The summed E-state index contributed by atoms with van der Waals surface area (Å²) in [7, 11) is 0. The SMILES string of the molecule is CCn1c(O)c(N=NC(=O)CCCCCC(=O)N=Nc2c(O)n(CC)c3ccccc23)c2ccccc21. The Labute approximate surface area is 214 Å². The molecule has 37 heavy (non-hydrogen) atoms. The normalized spacial score (nSPS) is 11.9. The number of aryl methyl sites for hydroxylation is 2. The van der Waals surface area contributed by atoms with E-state index in [4.69, 9.17) is 0 Å². The molecule has 0 aliphatic rings. The van der Waals surface area contributed by atoms with Crippen LogP contribution in [0.25, 0.3) is 21.8 Å². The molecule has 0 unspecified atom stereocenters. The van der Waals surface area contributed by atoms with Crippen molar-refractivity contribution in [2.24, 2.45) is 20.5 Å². The average molecular weight is 503 g/mol. The van der Waals surface area contributed by atoms with E-state index in [1.807, 2.05) is 62.4 Å². The molecule has 0 aliphatic carbocycles. The van der Waals surface area contributed by atoms with Crippen LogP contribution in [0.15, 0.2) is 69.0 Å². The summed E-state index contributed by atoms with van der Waals surface area (Å²) in [6, 6.07) is 14.9. The molecular weight excluding hydrogens is 472 g/mol. The van der Waals surface area contributed by atoms with Crippen molar-refractivity contribution in [1.29, 1.82) is 0 Å². The van der Waals surface area contributed by atoms with Crippen LogP contribution in [-0.4, -0.2) is 31.2 Å². The summed E-state index contributed by atoms with van der Waals surface area (Å²) in [5, 5.41) is 38.0. The van der Waals surface area contributed by atoms with Gasteiger partial charge in [0, 0.05) is 36.7 Å². The molecule has 2 aromatic heterocycles. The summed E-state index contributed by atoms with van der Waals surface area (Å²) in [5.41, 5.74) is 2.24. The van der Waals surface area contributed by atoms with Gasteiger partial charge in [-0.25, -0.2) is 0 Å². The van der Waals surface area contributed by atoms with Crippen molar-refractivity contribution in [2.75, 3.05) is 0 Å². The Morgan fingerprint density at radius 2 is 1.08 bits per heavy atom. The van der Waals surface area contributed by atoms with E-state index in [0.29, 0.717) is 32.4 Å². The Hall–Kier alpha value is -4.34. The standard InChI is InChI=1S/C27H30N6O4/c1-3-32-20-14-10-8-12-18(20)24(26(32)36)30-28-22(34)16-6-5-7-17-23(35)29-31-25-19-13-9-11-15-21(19)33(4-2)27(25)37/h8-15,36-37H,3-7,16-17H2,1-2H3. The number of rotatable bonds is 10. The first-order valence-electron chi connectivity index (χ1n) is 12.5. The second-order valence-electron chi connectivity index (χ2n) is 8.62. The molecule has 0 bridgehead atoms. The smallest absolute Gasteiger partial charge is 0.264 e. The predicted octanol–water partition coefficient (Wildman–Crippen LogP) is 6.92. The number of carbonyl (C=O) groups is 2. The zero-order valence-corrected chi connectivity index (χ0v) is 21.0. The molecule has 0 aliphatic heterocycles. The van der Waals surface area contributed by atoms with Crippen molar-refractivity contribution in [2.45, 2.75) is 59.0 Å². The van der Waals surface area contributed by atoms with Crippen molar-refractivity contribution in [1.82, 2.24) is 9.13 Å². The average Bonchev–Trinajstić information content (AvgIpc) is 3.34. The molecule has 192 valence electrons. The van der Waals surface area contributed by atoms with Crippen molar-refractivity contribution < 1.29 is 19.8 Å². The first kappa shape index (κ1) is 25.7. The number of amides is 2. The van der Waals surface area contributed by atoms with Crippen LogP contribution in [-0.2, 0) is 22.7 Å². The molecule has 2 aromatic carbocycles. The van der Waals surface area contributed by atoms with Crippen LogP contribution in [0.3, 0.4) is 0 Å². The van der Waals surface area contributed by atoms with Crippen LogP contribution in [0.4, 0.5) is 11.4 Å². The molecule has 0 radical (unpaired) electrons. The van der Waals surface area contributed by atoms with E-state index >= 15 is 0 Å². The van der Waals surface area contributed by atoms with Gasteiger partial charge in [-0.1, -0.05) is 42.8 Å². The molecule has 4 aromatic rings. The number of aromatic nitrogens is 2. The number of aromatic hydroxyl groups is 2. The third-order valence-electron chi connectivity index (χ3n) is 6.27. The van der Waals surface area contributed by atoms with Gasteiger partial charge in [0.2, 0.25) is 11.8 Å². The Morgan fingerprint density at radius 3 is 1.49 bits per heavy atom. The minimum absolute atomic E-state index is 0.0134. The van der Waals surface area contributed by atoms with Gasteiger partial charge < -0.3 is 19.3 Å². The van der Waals surface area contributed by atoms with Crippen molar-refractivity contribution in [3.05, 3.63) is 48.5 Å². The van der Waals surface area contributed by atoms with E-state index in [9.17, 15) is 19.8 Å². The van der Waals surface area contributed by atoms with E-state index < -0.39 is 0 Å². The molecule has 10 heteroatoms. The van der Waals surface area contributed by atoms with E-state index in [2.05, 4.69) is 20.5 Å². The number of para-hydroxylation sites is 2. The number of azo groups is 2. The Morgan fingerprint density at radius 1 is 0.676 bits per heavy atom. The minimum atomic E-state index is -0.387. The highest BCUT2D eigenvalue weighted by atomic mass is 16.3. The number of fused-ring (bicyclic) bond motifs is 2. The van der Waals surface area contributed by atoms with Crippen LogP contribution >= 0.6 is 0 Å². The van der Waals surface area contributed by atoms with Gasteiger partial charge in [-0.3, -0.25) is 9.59 Å². The second-order valence-corrected chi connectivity index (χ2v) is 8.62. The Bertz CT molecular complexity index is 1390. The van der Waals surface area contributed by atoms with Gasteiger partial charge in [-0.2, -0.15) is 0 Å². The maximum absolute atomic E-state index is 12.2. The first-order chi connectivity index (χ1) is 18.0. The minimum Gasteiger partial charge on any atom is -0.493 e. The van der Waals surface area contributed by atoms with Crippen LogP contribution < -0.4 is 0 Å². The quantitative estimate of drug-likeness (QED) is 0.180. The summed E-state index contributed by atoms with van der Waals surface area (Å²) in [6.07, 6.45) is 2.13. The van der Waals surface area contributed by atoms with Crippen LogP contribution in [0.1, 0.15) is 46.0 Å². The Balaban J connectivity index is 1.26. The van der Waals surface area contributed by atoms with Gasteiger partial charge in [-0.15, -0.1) is 20.5 Å². The number of unbranched alkanes of at least 4 members (excludes halogenated alkanes) is 2. The van der Waals surface area contributed by atoms with Gasteiger partial charge in [0.05, 0.1) is 11.0 Å². The van der Waals surface area contributed by atoms with Gasteiger partial charge >= 0.3 is 0 Å². The number of carbonyl (C=O) groups excluding carboxylic acids is 2. The maximum Gasteiger partial charge on any atom is 0.264 e. The number of hydrogen-bond donors (Lipinski definition) is 2. The lowest BCUT2D eigenvalue weighted by Gasteiger charge is -2.01. The molecule has 0 atom stereocenters. The highest BCUT2D eigenvalue weighted by molar-refractivity contribution is 5.96. The van der Waals surface area contributed by atoms with Gasteiger partial charge in [0.1, 0.15) is 0 Å². The highest BCUT2D eigenvalue weighted by Gasteiger charge is 2.16. The molecular formula is C27H30N6O4. The summed E-state index contributed by atoms with van der Waals surface area (Å²) in [6.45, 7) is 4.97. The van der Waals surface area contributed by atoms with Gasteiger partial charge in [0.15, 0.2) is 11.4 Å². The maximum atomic E-state index is 12.2. The second kappa shape index (κ2) is 11.6. The van der Waals surface area contributed by atoms with E-state index in [0.717, 1.165) is 21.8 Å². The van der Waals surface area contributed by atoms with Gasteiger partial charge in [0.25, 0.3) is 11.8 Å². The third kappa shape index (κ3) is 5.42. The van der Waals surface area contributed by atoms with Crippen LogP contribution in [0.2, 0.25) is 0 Å². The summed E-state index contributed by atoms with van der Waals surface area (Å²) >= 11 is 0. The molecule has 4 rings (SSSR count). The first-order valence-corrected chi connectivity index (χ1v) is 12.5. The topological polar surface area (TPSA) is 134 Å². The molecule has 0 spiro atoms. The van der Waals surface area contributed by atoms with Crippen molar-refractivity contribution in [3.8, 4) is 11.8 Å². The molecule has 0 saturated heterocycles. The fraction of sp³-hybridized carbons (Fsp3) is 0.333. The van der Waals surface area contributed by atoms with Gasteiger partial charge in [-0.05, 0) is 38.8 Å². The van der Waals surface area contributed by atoms with Crippen molar-refractivity contribution in [3.63, 3.8) is 0 Å². The predicted molar refractivity (Wildman–Crippen MR) is 141 cm³/mol. The summed E-state index contributed by atoms with van der Waals surface area (Å²) in [4.78, 5) is 24.4. The molecule has 10 nitrogen and oxygen atoms in total. The zero-order chi connectivity index (χ0) is 26.4. The molecule has 2 amide bonds. The molecule has 0 fully saturated rings. The highest BCUT2D eigenvalue weighted by Crippen LogP contribution is 2.39. The number of hydrogen-bond acceptors (Lipinski definition) is 6. The number of nitrogens with zero attached hydrogens (tertiary/aromatic N) is 6. The van der Waals surface area contributed by atoms with Crippen molar-refractivity contribution >= 4 is 45.0 Å². The molecule has 2 N–H and O–H groups in total. The molecule has 0 saturated carbocycles. The fourth-order valence-corrected chi connectivity index (χ4v) is 4.42. The lowest BCUT2D eigenvalue weighted by atomic mass is 10.1. The molecule has 2 heterocycles. The van der Waals surface area contributed by atoms with Crippen LogP contribution in [0.5, 0.6) is 11.8 Å². The largest absolute Gasteiger partial charge is 0.493 e. The lowest BCUT2D eigenvalue weighted by Crippen LogP contribution is -1.95. The van der Waals surface area contributed by atoms with E-state index in [1.165, 1.54) is 0 Å². The third-order valence-corrected chi connectivity index (χ3v) is 6.27. The lowest BCUT2D eigenvalue weighted by molar-refractivity contribution is -0.118. The van der Waals surface area contributed by atoms with E-state index in [-0.39, 0.29) is 47.8 Å².